The topological polar surface area (TPSA) is 71.0 Å². The third-order valence-electron chi connectivity index (χ3n) is 3.50. The van der Waals surface area contributed by atoms with E-state index in [1.807, 2.05) is 42.5 Å². The number of halogens is 1. The van der Waals surface area contributed by atoms with Crippen LogP contribution in [-0.2, 0) is 16.1 Å². The van der Waals surface area contributed by atoms with Crippen molar-refractivity contribution < 1.29 is 14.3 Å². The van der Waals surface area contributed by atoms with Crippen molar-refractivity contribution in [3.05, 3.63) is 64.6 Å². The number of amides is 2. The number of ether oxygens (including phenoxy) is 1. The quantitative estimate of drug-likeness (QED) is 0.710. The van der Waals surface area contributed by atoms with E-state index in [4.69, 9.17) is 4.74 Å². The van der Waals surface area contributed by atoms with Crippen LogP contribution in [-0.4, -0.2) is 34.2 Å². The molecule has 0 spiro atoms. The Bertz CT molecular complexity index is 812. The lowest BCUT2D eigenvalue weighted by atomic mass is 10.2. The third kappa shape index (κ3) is 5.09. The Hall–Kier alpha value is -2.32. The summed E-state index contributed by atoms with van der Waals surface area (Å²) in [6.45, 7) is 0.270. The highest BCUT2D eigenvalue weighted by molar-refractivity contribution is 9.10. The summed E-state index contributed by atoms with van der Waals surface area (Å²) in [6, 6.07) is 16.8. The predicted molar refractivity (Wildman–Crippen MR) is 105 cm³/mol. The van der Waals surface area contributed by atoms with E-state index in [1.54, 1.807) is 17.0 Å². The van der Waals surface area contributed by atoms with Crippen LogP contribution in [0.1, 0.15) is 5.56 Å². The first-order valence-electron chi connectivity index (χ1n) is 7.84. The second-order valence-electron chi connectivity index (χ2n) is 5.43. The molecular weight excluding hydrogens is 418 g/mol. The van der Waals surface area contributed by atoms with Gasteiger partial charge >= 0.3 is 0 Å². The molecule has 1 N–H and O–H groups in total. The van der Waals surface area contributed by atoms with E-state index in [1.165, 1.54) is 11.8 Å². The maximum Gasteiger partial charge on any atom is 0.278 e. The minimum absolute atomic E-state index is 0.0297. The van der Waals surface area contributed by atoms with Crippen LogP contribution < -0.4 is 10.2 Å². The van der Waals surface area contributed by atoms with Crippen LogP contribution in [0.3, 0.4) is 0 Å². The van der Waals surface area contributed by atoms with E-state index in [9.17, 15) is 9.59 Å². The molecule has 6 nitrogen and oxygen atoms in total. The van der Waals surface area contributed by atoms with Gasteiger partial charge in [-0.05, 0) is 29.8 Å². The van der Waals surface area contributed by atoms with Gasteiger partial charge < -0.3 is 4.74 Å². The average Bonchev–Trinajstić information content (AvgIpc) is 3.00. The monoisotopic (exact) mass is 433 g/mol. The van der Waals surface area contributed by atoms with Gasteiger partial charge in [-0.2, -0.15) is 0 Å². The van der Waals surface area contributed by atoms with Crippen molar-refractivity contribution in [1.82, 2.24) is 10.3 Å². The second kappa shape index (κ2) is 8.86. The van der Waals surface area contributed by atoms with Crippen molar-refractivity contribution in [2.75, 3.05) is 12.4 Å². The van der Waals surface area contributed by atoms with Crippen molar-refractivity contribution in [3.8, 4) is 5.75 Å². The van der Waals surface area contributed by atoms with Crippen LogP contribution in [0.2, 0.25) is 0 Å². The van der Waals surface area contributed by atoms with Gasteiger partial charge in [0.25, 0.3) is 5.91 Å². The summed E-state index contributed by atoms with van der Waals surface area (Å²) in [5.74, 6) is 0.488. The molecule has 0 aliphatic carbocycles. The smallest absolute Gasteiger partial charge is 0.278 e. The molecule has 1 saturated heterocycles. The minimum atomic E-state index is -0.389. The maximum absolute atomic E-state index is 12.1. The van der Waals surface area contributed by atoms with Gasteiger partial charge in [-0.3, -0.25) is 14.5 Å². The summed E-state index contributed by atoms with van der Waals surface area (Å²) in [6.07, 6.45) is 0. The van der Waals surface area contributed by atoms with Crippen LogP contribution in [0.5, 0.6) is 5.75 Å². The Morgan fingerprint density at radius 1 is 1.19 bits per heavy atom. The molecule has 0 unspecified atom stereocenters. The lowest BCUT2D eigenvalue weighted by Gasteiger charge is -2.15. The highest BCUT2D eigenvalue weighted by Gasteiger charge is 2.28. The van der Waals surface area contributed by atoms with Gasteiger partial charge in [0.2, 0.25) is 5.91 Å². The standard InChI is InChI=1S/C18H16BrN3O3S/c19-14-6-8-15(9-7-14)25-11-16(23)20-21-18-22(17(24)12-26-18)10-13-4-2-1-3-5-13/h1-9H,10-12H2,(H,20,23). The first kappa shape index (κ1) is 18.5. The summed E-state index contributed by atoms with van der Waals surface area (Å²) in [4.78, 5) is 25.5. The van der Waals surface area contributed by atoms with Crippen molar-refractivity contribution in [3.63, 3.8) is 0 Å². The van der Waals surface area contributed by atoms with Gasteiger partial charge in [0.15, 0.2) is 11.8 Å². The molecule has 0 saturated carbocycles. The molecule has 0 atom stereocenters. The number of hydrogen-bond donors (Lipinski definition) is 1. The number of thioether (sulfide) groups is 1. The van der Waals surface area contributed by atoms with Gasteiger partial charge in [-0.1, -0.05) is 58.0 Å². The largest absolute Gasteiger partial charge is 0.484 e. The van der Waals surface area contributed by atoms with Gasteiger partial charge in [0.1, 0.15) is 5.75 Å². The van der Waals surface area contributed by atoms with Gasteiger partial charge in [-0.15, -0.1) is 5.10 Å². The summed E-state index contributed by atoms with van der Waals surface area (Å²) in [5, 5.41) is 4.56. The van der Waals surface area contributed by atoms with E-state index < -0.39 is 0 Å². The molecule has 3 rings (SSSR count). The van der Waals surface area contributed by atoms with Crippen LogP contribution in [0, 0.1) is 0 Å². The molecule has 2 aromatic rings. The number of carbonyl (C=O) groups is 2. The Morgan fingerprint density at radius 2 is 1.92 bits per heavy atom. The fourth-order valence-corrected chi connectivity index (χ4v) is 3.33. The van der Waals surface area contributed by atoms with Crippen molar-refractivity contribution in [1.29, 1.82) is 0 Å². The van der Waals surface area contributed by atoms with Gasteiger partial charge in [0.05, 0.1) is 12.3 Å². The van der Waals surface area contributed by atoms with E-state index in [0.717, 1.165) is 10.0 Å². The normalized spacial score (nSPS) is 15.3. The molecule has 1 heterocycles. The molecule has 1 fully saturated rings. The fraction of sp³-hybridized carbons (Fsp3) is 0.167. The highest BCUT2D eigenvalue weighted by atomic mass is 79.9. The van der Waals surface area contributed by atoms with E-state index in [2.05, 4.69) is 26.5 Å². The summed E-state index contributed by atoms with van der Waals surface area (Å²) in [7, 11) is 0. The maximum atomic E-state index is 12.1. The van der Waals surface area contributed by atoms with Crippen LogP contribution in [0.4, 0.5) is 0 Å². The molecule has 1 aliphatic heterocycles. The summed E-state index contributed by atoms with van der Waals surface area (Å²) in [5.41, 5.74) is 3.44. The van der Waals surface area contributed by atoms with Crippen molar-refractivity contribution in [2.24, 2.45) is 5.10 Å². The zero-order valence-electron chi connectivity index (χ0n) is 13.7. The molecule has 2 aromatic carbocycles. The molecule has 2 amide bonds. The molecule has 0 bridgehead atoms. The third-order valence-corrected chi connectivity index (χ3v) is 4.99. The number of nitrogens with one attached hydrogen (secondary N) is 1. The van der Waals surface area contributed by atoms with E-state index in [0.29, 0.717) is 23.2 Å². The molecular formula is C18H16BrN3O3S. The lowest BCUT2D eigenvalue weighted by molar-refractivity contribution is -0.125. The Kier molecular flexibility index (Phi) is 6.30. The number of rotatable bonds is 6. The zero-order valence-corrected chi connectivity index (χ0v) is 16.1. The molecule has 134 valence electrons. The molecule has 0 radical (unpaired) electrons. The SMILES string of the molecule is O=C(COc1ccc(Br)cc1)NN=C1SCC(=O)N1Cc1ccccc1. The van der Waals surface area contributed by atoms with E-state index >= 15 is 0 Å². The Balaban J connectivity index is 1.55. The molecule has 8 heteroatoms. The van der Waals surface area contributed by atoms with Crippen LogP contribution >= 0.6 is 27.7 Å². The fourth-order valence-electron chi connectivity index (χ4n) is 2.23. The number of hydrogen-bond acceptors (Lipinski definition) is 5. The lowest BCUT2D eigenvalue weighted by Crippen LogP contribution is -2.32. The van der Waals surface area contributed by atoms with E-state index in [-0.39, 0.29) is 18.4 Å². The number of nitrogens with zero attached hydrogens (tertiary/aromatic N) is 2. The second-order valence-corrected chi connectivity index (χ2v) is 7.28. The summed E-state index contributed by atoms with van der Waals surface area (Å²) >= 11 is 4.64. The number of amidine groups is 1. The van der Waals surface area contributed by atoms with Crippen molar-refractivity contribution in [2.45, 2.75) is 6.54 Å². The van der Waals surface area contributed by atoms with Crippen LogP contribution in [0.15, 0.2) is 64.2 Å². The van der Waals surface area contributed by atoms with Gasteiger partial charge in [0, 0.05) is 4.47 Å². The molecule has 0 aromatic heterocycles. The van der Waals surface area contributed by atoms with Gasteiger partial charge in [-0.25, -0.2) is 5.43 Å². The Morgan fingerprint density at radius 3 is 2.65 bits per heavy atom. The minimum Gasteiger partial charge on any atom is -0.484 e. The van der Waals surface area contributed by atoms with Crippen molar-refractivity contribution >= 4 is 44.7 Å². The van der Waals surface area contributed by atoms with Crippen LogP contribution in [0.25, 0.3) is 0 Å². The first-order chi connectivity index (χ1) is 12.6. The first-order valence-corrected chi connectivity index (χ1v) is 9.61. The number of carbonyl (C=O) groups excluding carboxylic acids is 2. The summed E-state index contributed by atoms with van der Waals surface area (Å²) < 4.78 is 6.32. The number of benzene rings is 2. The average molecular weight is 434 g/mol. The predicted octanol–water partition coefficient (Wildman–Crippen LogP) is 2.99. The molecule has 26 heavy (non-hydrogen) atoms. The molecule has 1 aliphatic rings. The number of hydrazone groups is 1. The Labute approximate surface area is 163 Å². The highest BCUT2D eigenvalue weighted by Crippen LogP contribution is 2.21. The zero-order chi connectivity index (χ0) is 18.4.